The van der Waals surface area contributed by atoms with Crippen LogP contribution in [0.2, 0.25) is 0 Å². The Morgan fingerprint density at radius 1 is 0.604 bits per heavy atom. The van der Waals surface area contributed by atoms with Crippen molar-refractivity contribution in [3.8, 4) is 11.5 Å². The summed E-state index contributed by atoms with van der Waals surface area (Å²) >= 11 is 0. The van der Waals surface area contributed by atoms with Gasteiger partial charge in [0.15, 0.2) is 23.4 Å². The Balaban J connectivity index is 1.67. The van der Waals surface area contributed by atoms with Gasteiger partial charge in [0.25, 0.3) is 0 Å². The summed E-state index contributed by atoms with van der Waals surface area (Å²) in [6.45, 7) is 6.87. The fourth-order valence-corrected chi connectivity index (χ4v) is 6.76. The van der Waals surface area contributed by atoms with Crippen LogP contribution in [0.4, 0.5) is 19.2 Å². The summed E-state index contributed by atoms with van der Waals surface area (Å²) in [7, 11) is 0. The standard InChI is InChI=1S/C36H30O12/c1-5-41-33(37)45-29-19-13-9-17-11-15-21-27-23(17)25(19)26-20(30(29)46-34(38)42-6-2)14-10-18-12-16-22(28(27)24(18)26)32(48-36(40)44-8-4)31(21)47-35(39)43-7-3/h9-15,29H,5-8,16H2,1-4H3. The molecule has 12 heteroatoms. The summed E-state index contributed by atoms with van der Waals surface area (Å²) in [5.41, 5.74) is 1.12. The molecule has 246 valence electrons. The maximum Gasteiger partial charge on any atom is 0.513 e. The highest BCUT2D eigenvalue weighted by molar-refractivity contribution is 6.37. The van der Waals surface area contributed by atoms with Crippen molar-refractivity contribution in [3.63, 3.8) is 0 Å². The first-order valence-corrected chi connectivity index (χ1v) is 15.6. The summed E-state index contributed by atoms with van der Waals surface area (Å²) in [6, 6.07) is 11.0. The minimum absolute atomic E-state index is 0.000704. The van der Waals surface area contributed by atoms with Crippen LogP contribution in [0.25, 0.3) is 54.9 Å². The van der Waals surface area contributed by atoms with Gasteiger partial charge in [-0.2, -0.15) is 0 Å². The van der Waals surface area contributed by atoms with Crippen molar-refractivity contribution in [2.24, 2.45) is 0 Å². The molecule has 0 radical (unpaired) electrons. The van der Waals surface area contributed by atoms with Crippen LogP contribution < -0.4 is 19.9 Å². The molecule has 2 aliphatic rings. The van der Waals surface area contributed by atoms with Gasteiger partial charge in [0.1, 0.15) is 0 Å². The number of benzene rings is 5. The molecule has 48 heavy (non-hydrogen) atoms. The van der Waals surface area contributed by atoms with E-state index in [4.69, 9.17) is 37.9 Å². The number of ether oxygens (including phenoxy) is 8. The van der Waals surface area contributed by atoms with E-state index in [2.05, 4.69) is 0 Å². The topological polar surface area (TPSA) is 142 Å². The van der Waals surface area contributed by atoms with Crippen molar-refractivity contribution in [2.45, 2.75) is 40.2 Å². The average Bonchev–Trinajstić information content (AvgIpc) is 3.06. The van der Waals surface area contributed by atoms with E-state index in [-0.39, 0.29) is 43.7 Å². The number of carbonyl (C=O) groups excluding carboxylic acids is 4. The molecule has 0 N–H and O–H groups in total. The van der Waals surface area contributed by atoms with Crippen LogP contribution in [0.1, 0.15) is 44.9 Å². The second kappa shape index (κ2) is 12.1. The largest absolute Gasteiger partial charge is 0.513 e. The second-order valence-electron chi connectivity index (χ2n) is 10.9. The highest BCUT2D eigenvalue weighted by Crippen LogP contribution is 2.52. The smallest absolute Gasteiger partial charge is 0.435 e. The Morgan fingerprint density at radius 2 is 1.23 bits per heavy atom. The van der Waals surface area contributed by atoms with Gasteiger partial charge in [-0.1, -0.05) is 36.4 Å². The lowest BCUT2D eigenvalue weighted by atomic mass is 9.79. The summed E-state index contributed by atoms with van der Waals surface area (Å²) < 4.78 is 43.7. The van der Waals surface area contributed by atoms with E-state index in [1.165, 1.54) is 0 Å². The number of carbonyl (C=O) groups is 4. The Bertz CT molecular complexity index is 2300. The van der Waals surface area contributed by atoms with Crippen molar-refractivity contribution in [3.05, 3.63) is 58.0 Å². The maximum atomic E-state index is 12.8. The van der Waals surface area contributed by atoms with Gasteiger partial charge in [-0.25, -0.2) is 19.2 Å². The molecule has 5 aromatic carbocycles. The zero-order valence-corrected chi connectivity index (χ0v) is 26.6. The van der Waals surface area contributed by atoms with E-state index < -0.39 is 30.7 Å². The zero-order valence-electron chi connectivity index (χ0n) is 26.6. The Kier molecular flexibility index (Phi) is 7.78. The minimum atomic E-state index is -1.18. The Labute approximate surface area is 272 Å². The molecule has 12 nitrogen and oxygen atoms in total. The van der Waals surface area contributed by atoms with Crippen molar-refractivity contribution in [1.82, 2.24) is 0 Å². The van der Waals surface area contributed by atoms with Gasteiger partial charge < -0.3 is 37.9 Å². The van der Waals surface area contributed by atoms with Crippen molar-refractivity contribution >= 4 is 79.5 Å². The summed E-state index contributed by atoms with van der Waals surface area (Å²) in [6.07, 6.45) is -2.73. The van der Waals surface area contributed by atoms with E-state index >= 15 is 0 Å². The number of hydrogen-bond acceptors (Lipinski definition) is 12. The first kappa shape index (κ1) is 30.9. The Hall–Kier alpha value is -5.78. The molecule has 0 aliphatic heterocycles. The molecule has 0 amide bonds. The molecule has 0 spiro atoms. The first-order chi connectivity index (χ1) is 23.3. The highest BCUT2D eigenvalue weighted by Gasteiger charge is 2.37. The van der Waals surface area contributed by atoms with Gasteiger partial charge >= 0.3 is 24.6 Å². The van der Waals surface area contributed by atoms with Crippen LogP contribution in [-0.2, 0) is 34.8 Å². The molecule has 0 saturated carbocycles. The summed E-state index contributed by atoms with van der Waals surface area (Å²) in [4.78, 5) is 51.2. The lowest BCUT2D eigenvalue weighted by molar-refractivity contribution is 0.0283. The monoisotopic (exact) mass is 654 g/mol. The van der Waals surface area contributed by atoms with E-state index in [1.807, 2.05) is 36.4 Å². The number of hydrogen-bond donors (Lipinski definition) is 0. The van der Waals surface area contributed by atoms with Crippen molar-refractivity contribution in [2.75, 3.05) is 26.4 Å². The molecular formula is C36H30O12. The summed E-state index contributed by atoms with van der Waals surface area (Å²) in [5.74, 6) is 0.0761. The van der Waals surface area contributed by atoms with Gasteiger partial charge in [-0.05, 0) is 72.3 Å². The fraction of sp³-hybridized carbons (Fsp3) is 0.278. The molecule has 0 saturated heterocycles. The second-order valence-corrected chi connectivity index (χ2v) is 10.9. The predicted molar refractivity (Wildman–Crippen MR) is 173 cm³/mol. The summed E-state index contributed by atoms with van der Waals surface area (Å²) in [5, 5.41) is 7.21. The predicted octanol–water partition coefficient (Wildman–Crippen LogP) is 6.65. The average molecular weight is 655 g/mol. The van der Waals surface area contributed by atoms with Crippen LogP contribution in [-0.4, -0.2) is 51.0 Å². The third kappa shape index (κ3) is 4.74. The molecule has 1 atom stereocenters. The molecule has 7 rings (SSSR count). The van der Waals surface area contributed by atoms with Gasteiger partial charge in [0, 0.05) is 32.5 Å². The van der Waals surface area contributed by atoms with Gasteiger partial charge in [0.2, 0.25) is 0 Å². The van der Waals surface area contributed by atoms with Crippen LogP contribution in [0.3, 0.4) is 0 Å². The van der Waals surface area contributed by atoms with Gasteiger partial charge in [-0.3, -0.25) is 0 Å². The molecule has 0 aromatic heterocycles. The number of rotatable bonds is 8. The fourth-order valence-electron chi connectivity index (χ4n) is 6.76. The molecule has 2 aliphatic carbocycles. The SMILES string of the molecule is CCOC(=O)OC1=c2ccc3c4c5c(c(OC(=O)OCC)c(OC(=O)OCC)c6ccc7ccc(c(c24)c7c65)C1OC(=O)OCC)CC=3. The van der Waals surface area contributed by atoms with E-state index in [0.29, 0.717) is 28.2 Å². The Morgan fingerprint density at radius 3 is 1.92 bits per heavy atom. The maximum absolute atomic E-state index is 12.8. The molecule has 0 bridgehead atoms. The normalized spacial score (nSPS) is 14.3. The molecule has 5 aromatic rings. The third-order valence-corrected chi connectivity index (χ3v) is 8.37. The van der Waals surface area contributed by atoms with E-state index in [0.717, 1.165) is 42.9 Å². The third-order valence-electron chi connectivity index (χ3n) is 8.37. The van der Waals surface area contributed by atoms with E-state index in [1.54, 1.807) is 33.8 Å². The lowest BCUT2D eigenvalue weighted by Crippen LogP contribution is -2.28. The zero-order chi connectivity index (χ0) is 33.7. The lowest BCUT2D eigenvalue weighted by Gasteiger charge is -2.29. The molecule has 1 unspecified atom stereocenters. The van der Waals surface area contributed by atoms with E-state index in [9.17, 15) is 19.2 Å². The first-order valence-electron chi connectivity index (χ1n) is 15.6. The van der Waals surface area contributed by atoms with Gasteiger partial charge in [0.05, 0.1) is 26.4 Å². The van der Waals surface area contributed by atoms with Crippen LogP contribution >= 0.6 is 0 Å². The highest BCUT2D eigenvalue weighted by atomic mass is 16.8. The van der Waals surface area contributed by atoms with Crippen LogP contribution in [0, 0.1) is 0 Å². The molecule has 0 heterocycles. The van der Waals surface area contributed by atoms with Gasteiger partial charge in [-0.15, -0.1) is 0 Å². The van der Waals surface area contributed by atoms with Crippen molar-refractivity contribution < 1.29 is 57.1 Å². The minimum Gasteiger partial charge on any atom is -0.435 e. The molecule has 0 fully saturated rings. The molecular weight excluding hydrogens is 624 g/mol. The van der Waals surface area contributed by atoms with Crippen LogP contribution in [0.15, 0.2) is 36.4 Å². The quantitative estimate of drug-likeness (QED) is 0.0581. The van der Waals surface area contributed by atoms with Crippen LogP contribution in [0.5, 0.6) is 11.5 Å². The van der Waals surface area contributed by atoms with Crippen molar-refractivity contribution in [1.29, 1.82) is 0 Å².